The molecule has 0 radical (unpaired) electrons. The second-order valence-corrected chi connectivity index (χ2v) is 5.37. The third-order valence-corrected chi connectivity index (χ3v) is 3.73. The van der Waals surface area contributed by atoms with E-state index in [-0.39, 0.29) is 18.1 Å². The highest BCUT2D eigenvalue weighted by Gasteiger charge is 2.27. The first-order valence-electron chi connectivity index (χ1n) is 6.12. The van der Waals surface area contributed by atoms with Gasteiger partial charge in [0, 0.05) is 25.6 Å². The molecule has 1 atom stereocenters. The SMILES string of the molecule is CN1CC(CCNC(=O)c2ccc(Cl)c(Cl)c2)OC1=O. The number of hydrogen-bond donors (Lipinski definition) is 1. The summed E-state index contributed by atoms with van der Waals surface area (Å²) >= 11 is 11.6. The van der Waals surface area contributed by atoms with Crippen molar-refractivity contribution in [1.82, 2.24) is 10.2 Å². The zero-order valence-corrected chi connectivity index (χ0v) is 12.4. The minimum Gasteiger partial charge on any atom is -0.444 e. The Morgan fingerprint density at radius 1 is 1.45 bits per heavy atom. The average Bonchev–Trinajstić information content (AvgIpc) is 2.72. The molecule has 0 aromatic heterocycles. The number of cyclic esters (lactones) is 1. The highest BCUT2D eigenvalue weighted by Crippen LogP contribution is 2.22. The lowest BCUT2D eigenvalue weighted by molar-refractivity contribution is 0.0944. The Morgan fingerprint density at radius 2 is 2.20 bits per heavy atom. The van der Waals surface area contributed by atoms with Crippen LogP contribution in [0.15, 0.2) is 18.2 Å². The molecule has 7 heteroatoms. The van der Waals surface area contributed by atoms with Crippen molar-refractivity contribution in [2.24, 2.45) is 0 Å². The molecule has 108 valence electrons. The summed E-state index contributed by atoms with van der Waals surface area (Å²) in [6.45, 7) is 0.965. The number of carbonyl (C=O) groups is 2. The molecule has 2 amide bonds. The van der Waals surface area contributed by atoms with Crippen LogP contribution < -0.4 is 5.32 Å². The van der Waals surface area contributed by atoms with Crippen molar-refractivity contribution in [2.75, 3.05) is 20.1 Å². The maximum Gasteiger partial charge on any atom is 0.409 e. The summed E-state index contributed by atoms with van der Waals surface area (Å²) in [6.07, 6.45) is 0.0655. The Hall–Kier alpha value is -1.46. The Bertz CT molecular complexity index is 536. The Kier molecular flexibility index (Phi) is 4.73. The molecule has 1 aromatic rings. The number of hydrogen-bond acceptors (Lipinski definition) is 3. The average molecular weight is 317 g/mol. The molecule has 1 saturated heterocycles. The molecule has 1 aromatic carbocycles. The van der Waals surface area contributed by atoms with E-state index >= 15 is 0 Å². The molecule has 2 rings (SSSR count). The van der Waals surface area contributed by atoms with Crippen molar-refractivity contribution >= 4 is 35.2 Å². The van der Waals surface area contributed by atoms with Gasteiger partial charge >= 0.3 is 6.09 Å². The van der Waals surface area contributed by atoms with Gasteiger partial charge in [-0.05, 0) is 18.2 Å². The maximum atomic E-state index is 11.9. The molecule has 1 unspecified atom stereocenters. The zero-order valence-electron chi connectivity index (χ0n) is 10.9. The van der Waals surface area contributed by atoms with Crippen molar-refractivity contribution in [3.8, 4) is 0 Å². The number of amides is 2. The fraction of sp³-hybridized carbons (Fsp3) is 0.385. The van der Waals surface area contributed by atoms with Gasteiger partial charge in [0.25, 0.3) is 5.91 Å². The number of nitrogens with zero attached hydrogens (tertiary/aromatic N) is 1. The van der Waals surface area contributed by atoms with Gasteiger partial charge in [-0.1, -0.05) is 23.2 Å². The quantitative estimate of drug-likeness (QED) is 0.928. The molecule has 0 spiro atoms. The van der Waals surface area contributed by atoms with Gasteiger partial charge < -0.3 is 15.0 Å². The van der Waals surface area contributed by atoms with Gasteiger partial charge in [-0.25, -0.2) is 4.79 Å². The Balaban J connectivity index is 1.81. The molecule has 1 aliphatic heterocycles. The summed E-state index contributed by atoms with van der Waals surface area (Å²) in [5, 5.41) is 3.50. The third kappa shape index (κ3) is 3.55. The second-order valence-electron chi connectivity index (χ2n) is 4.56. The lowest BCUT2D eigenvalue weighted by Gasteiger charge is -2.09. The number of ether oxygens (including phenoxy) is 1. The number of nitrogens with one attached hydrogen (secondary N) is 1. The predicted molar refractivity (Wildman–Crippen MR) is 76.3 cm³/mol. The van der Waals surface area contributed by atoms with Crippen molar-refractivity contribution in [3.63, 3.8) is 0 Å². The van der Waals surface area contributed by atoms with E-state index in [2.05, 4.69) is 5.32 Å². The molecule has 1 aliphatic rings. The van der Waals surface area contributed by atoms with Crippen LogP contribution in [-0.2, 0) is 4.74 Å². The molecule has 20 heavy (non-hydrogen) atoms. The smallest absolute Gasteiger partial charge is 0.409 e. The number of carbonyl (C=O) groups excluding carboxylic acids is 2. The minimum atomic E-state index is -0.328. The third-order valence-electron chi connectivity index (χ3n) is 2.99. The van der Waals surface area contributed by atoms with Crippen LogP contribution in [0, 0.1) is 0 Å². The highest BCUT2D eigenvalue weighted by molar-refractivity contribution is 6.42. The van der Waals surface area contributed by atoms with E-state index in [0.29, 0.717) is 35.1 Å². The van der Waals surface area contributed by atoms with Crippen LogP contribution in [0.25, 0.3) is 0 Å². The molecule has 1 fully saturated rings. The van der Waals surface area contributed by atoms with E-state index in [1.54, 1.807) is 19.2 Å². The van der Waals surface area contributed by atoms with Gasteiger partial charge in [-0.3, -0.25) is 4.79 Å². The van der Waals surface area contributed by atoms with E-state index in [1.807, 2.05) is 0 Å². The second kappa shape index (κ2) is 6.33. The summed E-state index contributed by atoms with van der Waals surface area (Å²) in [4.78, 5) is 24.5. The summed E-state index contributed by atoms with van der Waals surface area (Å²) < 4.78 is 5.09. The van der Waals surface area contributed by atoms with Crippen molar-refractivity contribution in [1.29, 1.82) is 0 Å². The van der Waals surface area contributed by atoms with Crippen LogP contribution in [0.3, 0.4) is 0 Å². The summed E-state index contributed by atoms with van der Waals surface area (Å²) in [5.41, 5.74) is 0.444. The highest BCUT2D eigenvalue weighted by atomic mass is 35.5. The van der Waals surface area contributed by atoms with Gasteiger partial charge in [-0.2, -0.15) is 0 Å². The van der Waals surface area contributed by atoms with E-state index in [0.717, 1.165) is 0 Å². The number of rotatable bonds is 4. The maximum absolute atomic E-state index is 11.9. The van der Waals surface area contributed by atoms with E-state index in [9.17, 15) is 9.59 Å². The lowest BCUT2D eigenvalue weighted by atomic mass is 10.2. The van der Waals surface area contributed by atoms with E-state index in [4.69, 9.17) is 27.9 Å². The zero-order chi connectivity index (χ0) is 14.7. The molecule has 5 nitrogen and oxygen atoms in total. The molecule has 0 aliphatic carbocycles. The van der Waals surface area contributed by atoms with Gasteiger partial charge in [0.1, 0.15) is 6.10 Å². The minimum absolute atomic E-state index is 0.179. The molecule has 1 heterocycles. The van der Waals surface area contributed by atoms with Crippen molar-refractivity contribution < 1.29 is 14.3 Å². The van der Waals surface area contributed by atoms with Gasteiger partial charge in [0.15, 0.2) is 0 Å². The largest absolute Gasteiger partial charge is 0.444 e. The first-order valence-corrected chi connectivity index (χ1v) is 6.88. The van der Waals surface area contributed by atoms with Crippen molar-refractivity contribution in [2.45, 2.75) is 12.5 Å². The van der Waals surface area contributed by atoms with Crippen LogP contribution >= 0.6 is 23.2 Å². The monoisotopic (exact) mass is 316 g/mol. The first-order chi connectivity index (χ1) is 9.47. The van der Waals surface area contributed by atoms with Gasteiger partial charge in [-0.15, -0.1) is 0 Å². The molecule has 0 saturated carbocycles. The molecule has 1 N–H and O–H groups in total. The topological polar surface area (TPSA) is 58.6 Å². The van der Waals surface area contributed by atoms with Crippen LogP contribution in [0.5, 0.6) is 0 Å². The fourth-order valence-electron chi connectivity index (χ4n) is 1.89. The molecular weight excluding hydrogens is 303 g/mol. The van der Waals surface area contributed by atoms with Crippen LogP contribution in [0.4, 0.5) is 4.79 Å². The number of halogens is 2. The summed E-state index contributed by atoms with van der Waals surface area (Å²) in [6, 6.07) is 4.70. The van der Waals surface area contributed by atoms with Crippen molar-refractivity contribution in [3.05, 3.63) is 33.8 Å². The number of benzene rings is 1. The fourth-order valence-corrected chi connectivity index (χ4v) is 2.18. The van der Waals surface area contributed by atoms with Gasteiger partial charge in [0.05, 0.1) is 16.6 Å². The van der Waals surface area contributed by atoms with E-state index in [1.165, 1.54) is 11.0 Å². The Labute approximate surface area is 126 Å². The summed E-state index contributed by atoms with van der Waals surface area (Å²) in [7, 11) is 1.68. The predicted octanol–water partition coefficient (Wildman–Crippen LogP) is 2.56. The van der Waals surface area contributed by atoms with Crippen LogP contribution in [0.2, 0.25) is 10.0 Å². The Morgan fingerprint density at radius 3 is 2.80 bits per heavy atom. The number of likely N-dealkylation sites (N-methyl/N-ethyl adjacent to an activating group) is 1. The standard InChI is InChI=1S/C13H14Cl2N2O3/c1-17-7-9(20-13(17)19)4-5-16-12(18)8-2-3-10(14)11(15)6-8/h2-3,6,9H,4-5,7H2,1H3,(H,16,18). The van der Waals surface area contributed by atoms with Crippen LogP contribution in [-0.4, -0.2) is 43.1 Å². The summed E-state index contributed by atoms with van der Waals surface area (Å²) in [5.74, 6) is -0.235. The first kappa shape index (κ1) is 14.9. The van der Waals surface area contributed by atoms with E-state index < -0.39 is 0 Å². The van der Waals surface area contributed by atoms with Crippen LogP contribution in [0.1, 0.15) is 16.8 Å². The lowest BCUT2D eigenvalue weighted by Crippen LogP contribution is -2.28. The molecule has 0 bridgehead atoms. The normalized spacial score (nSPS) is 18.1. The molecular formula is C13H14Cl2N2O3. The van der Waals surface area contributed by atoms with Gasteiger partial charge in [0.2, 0.25) is 0 Å².